The Kier molecular flexibility index (Phi) is 7.49. The number of rotatable bonds is 5. The van der Waals surface area contributed by atoms with Crippen molar-refractivity contribution in [2.75, 3.05) is 25.0 Å². The smallest absolute Gasteiger partial charge is 0.346 e. The van der Waals surface area contributed by atoms with Crippen molar-refractivity contribution in [2.24, 2.45) is 0 Å². The van der Waals surface area contributed by atoms with Crippen LogP contribution in [0.25, 0.3) is 0 Å². The van der Waals surface area contributed by atoms with Crippen LogP contribution in [0.5, 0.6) is 0 Å². The van der Waals surface area contributed by atoms with Crippen molar-refractivity contribution in [3.05, 3.63) is 52.2 Å². The Morgan fingerprint density at radius 2 is 1.80 bits per heavy atom. The number of carbonyl (C=O) groups is 2. The van der Waals surface area contributed by atoms with Gasteiger partial charge in [0, 0.05) is 12.2 Å². The van der Waals surface area contributed by atoms with Crippen LogP contribution < -0.4 is 10.6 Å². The van der Waals surface area contributed by atoms with Crippen LogP contribution in [0, 0.1) is 0 Å². The Morgan fingerprint density at radius 3 is 2.43 bits per heavy atom. The molecule has 1 fully saturated rings. The van der Waals surface area contributed by atoms with Crippen LogP contribution in [0.4, 0.5) is 18.9 Å². The summed E-state index contributed by atoms with van der Waals surface area (Å²) in [6.07, 6.45) is 0.0103. The van der Waals surface area contributed by atoms with E-state index in [1.165, 1.54) is 25.0 Å². The van der Waals surface area contributed by atoms with E-state index < -0.39 is 23.6 Å². The van der Waals surface area contributed by atoms with Gasteiger partial charge in [0.2, 0.25) is 0 Å². The van der Waals surface area contributed by atoms with E-state index in [-0.39, 0.29) is 18.3 Å². The first-order chi connectivity index (χ1) is 14.3. The molecular weight excluding hydrogens is 415 g/mol. The lowest BCUT2D eigenvalue weighted by molar-refractivity contribution is -0.137. The van der Waals surface area contributed by atoms with Gasteiger partial charge in [-0.2, -0.15) is 24.5 Å². The van der Waals surface area contributed by atoms with E-state index in [2.05, 4.69) is 15.5 Å². The van der Waals surface area contributed by atoms with Gasteiger partial charge < -0.3 is 10.6 Å². The van der Waals surface area contributed by atoms with Crippen molar-refractivity contribution in [3.63, 3.8) is 0 Å². The molecule has 0 saturated carbocycles. The number of amides is 2. The number of anilines is 1. The zero-order valence-corrected chi connectivity index (χ0v) is 17.2. The summed E-state index contributed by atoms with van der Waals surface area (Å²) < 4.78 is 38.5. The Morgan fingerprint density at radius 1 is 1.07 bits per heavy atom. The topological polar surface area (TPSA) is 61.4 Å². The molecular formula is C21H24F3N3O2S. The normalized spacial score (nSPS) is 16.5. The van der Waals surface area contributed by atoms with Gasteiger partial charge in [-0.05, 0) is 66.5 Å². The number of nitrogens with one attached hydrogen (secondary N) is 2. The molecule has 1 aromatic heterocycles. The number of carbonyl (C=O) groups excluding carboxylic acids is 2. The summed E-state index contributed by atoms with van der Waals surface area (Å²) in [5.74, 6) is -1.86. The molecule has 0 unspecified atom stereocenters. The maximum absolute atomic E-state index is 12.8. The number of alkyl halides is 3. The zero-order valence-electron chi connectivity index (χ0n) is 16.4. The number of nitrogens with zero attached hydrogens (tertiary/aromatic N) is 1. The van der Waals surface area contributed by atoms with E-state index in [0.717, 1.165) is 43.6 Å². The minimum atomic E-state index is -4.52. The number of halogens is 3. The van der Waals surface area contributed by atoms with Gasteiger partial charge >= 0.3 is 18.0 Å². The van der Waals surface area contributed by atoms with Gasteiger partial charge in [0.15, 0.2) is 0 Å². The van der Waals surface area contributed by atoms with Gasteiger partial charge in [0.05, 0.1) is 11.6 Å². The lowest BCUT2D eigenvalue weighted by Gasteiger charge is -2.30. The first-order valence-electron chi connectivity index (χ1n) is 9.87. The zero-order chi connectivity index (χ0) is 21.6. The first kappa shape index (κ1) is 22.3. The van der Waals surface area contributed by atoms with Gasteiger partial charge in [-0.25, -0.2) is 0 Å². The monoisotopic (exact) mass is 439 g/mol. The highest BCUT2D eigenvalue weighted by molar-refractivity contribution is 7.08. The maximum atomic E-state index is 12.8. The molecule has 2 heterocycles. The highest BCUT2D eigenvalue weighted by Gasteiger charge is 2.30. The summed E-state index contributed by atoms with van der Waals surface area (Å²) in [5, 5.41) is 8.89. The van der Waals surface area contributed by atoms with E-state index in [0.29, 0.717) is 0 Å². The maximum Gasteiger partial charge on any atom is 0.416 e. The third-order valence-corrected chi connectivity index (χ3v) is 5.82. The highest BCUT2D eigenvalue weighted by atomic mass is 32.1. The average Bonchev–Trinajstić information content (AvgIpc) is 3.10. The lowest BCUT2D eigenvalue weighted by atomic mass is 10.1. The van der Waals surface area contributed by atoms with Gasteiger partial charge in [-0.3, -0.25) is 14.5 Å². The lowest BCUT2D eigenvalue weighted by Crippen LogP contribution is -2.42. The summed E-state index contributed by atoms with van der Waals surface area (Å²) in [7, 11) is 0. The fourth-order valence-corrected chi connectivity index (χ4v) is 4.27. The van der Waals surface area contributed by atoms with Crippen LogP contribution in [-0.2, 0) is 15.8 Å². The molecule has 30 heavy (non-hydrogen) atoms. The van der Waals surface area contributed by atoms with E-state index >= 15 is 0 Å². The SMILES string of the molecule is O=C(NC[C@@H](c1ccsc1)N1CCCCCC1)C(=O)Nc1cccc(C(F)(F)F)c1. The molecule has 1 aliphatic rings. The van der Waals surface area contributed by atoms with Gasteiger partial charge in [-0.15, -0.1) is 0 Å². The second-order valence-electron chi connectivity index (χ2n) is 7.27. The van der Waals surface area contributed by atoms with E-state index in [4.69, 9.17) is 0 Å². The summed E-state index contributed by atoms with van der Waals surface area (Å²) >= 11 is 1.57. The van der Waals surface area contributed by atoms with Crippen molar-refractivity contribution >= 4 is 28.8 Å². The summed E-state index contributed by atoms with van der Waals surface area (Å²) in [6.45, 7) is 2.10. The standard InChI is InChI=1S/C21H24F3N3O2S/c22-21(23,24)16-6-5-7-17(12-16)26-20(29)19(28)25-13-18(15-8-11-30-14-15)27-9-3-1-2-4-10-27/h5-8,11-12,14,18H,1-4,9-10,13H2,(H,25,28)(H,26,29)/t18-/m0/s1. The third kappa shape index (κ3) is 6.06. The molecule has 162 valence electrons. The van der Waals surface area contributed by atoms with Crippen molar-refractivity contribution in [2.45, 2.75) is 37.9 Å². The van der Waals surface area contributed by atoms with Crippen LogP contribution in [0.3, 0.4) is 0 Å². The Labute approximate surface area is 177 Å². The van der Waals surface area contributed by atoms with Crippen LogP contribution in [-0.4, -0.2) is 36.3 Å². The average molecular weight is 440 g/mol. The second kappa shape index (κ2) is 10.1. The minimum absolute atomic E-state index is 0.0420. The molecule has 0 aliphatic carbocycles. The quantitative estimate of drug-likeness (QED) is 0.678. The van der Waals surface area contributed by atoms with E-state index in [1.54, 1.807) is 11.3 Å². The molecule has 5 nitrogen and oxygen atoms in total. The molecule has 2 amide bonds. The van der Waals surface area contributed by atoms with Crippen LogP contribution in [0.2, 0.25) is 0 Å². The molecule has 1 aliphatic heterocycles. The number of thiophene rings is 1. The van der Waals surface area contributed by atoms with Gasteiger partial charge in [-0.1, -0.05) is 18.9 Å². The van der Waals surface area contributed by atoms with E-state index in [1.807, 2.05) is 16.8 Å². The molecule has 1 atom stereocenters. The first-order valence-corrected chi connectivity index (χ1v) is 10.8. The second-order valence-corrected chi connectivity index (χ2v) is 8.05. The largest absolute Gasteiger partial charge is 0.416 e. The van der Waals surface area contributed by atoms with Crippen molar-refractivity contribution in [1.29, 1.82) is 0 Å². The highest BCUT2D eigenvalue weighted by Crippen LogP contribution is 2.30. The molecule has 2 N–H and O–H groups in total. The van der Waals surface area contributed by atoms with Crippen molar-refractivity contribution < 1.29 is 22.8 Å². The summed E-state index contributed by atoms with van der Waals surface area (Å²) in [5.41, 5.74) is 0.117. The summed E-state index contributed by atoms with van der Waals surface area (Å²) in [6, 6.07) is 6.17. The number of benzene rings is 1. The number of hydrogen-bond acceptors (Lipinski definition) is 4. The molecule has 3 rings (SSSR count). The molecule has 2 aromatic rings. The Balaban J connectivity index is 1.61. The van der Waals surface area contributed by atoms with Gasteiger partial charge in [0.25, 0.3) is 0 Å². The molecule has 9 heteroatoms. The van der Waals surface area contributed by atoms with Crippen LogP contribution in [0.1, 0.15) is 42.9 Å². The van der Waals surface area contributed by atoms with Crippen LogP contribution in [0.15, 0.2) is 41.1 Å². The van der Waals surface area contributed by atoms with Gasteiger partial charge in [0.1, 0.15) is 0 Å². The molecule has 1 saturated heterocycles. The molecule has 0 radical (unpaired) electrons. The van der Waals surface area contributed by atoms with Crippen molar-refractivity contribution in [3.8, 4) is 0 Å². The third-order valence-electron chi connectivity index (χ3n) is 5.12. The number of likely N-dealkylation sites (tertiary alicyclic amines) is 1. The Bertz CT molecular complexity index is 847. The predicted molar refractivity (Wildman–Crippen MR) is 110 cm³/mol. The van der Waals surface area contributed by atoms with Crippen molar-refractivity contribution in [1.82, 2.24) is 10.2 Å². The Hall–Kier alpha value is -2.39. The predicted octanol–water partition coefficient (Wildman–Crippen LogP) is 4.44. The number of hydrogen-bond donors (Lipinski definition) is 2. The molecule has 0 bridgehead atoms. The van der Waals surface area contributed by atoms with E-state index in [9.17, 15) is 22.8 Å². The minimum Gasteiger partial charge on any atom is -0.346 e. The van der Waals surface area contributed by atoms with Crippen LogP contribution >= 0.6 is 11.3 Å². The fraction of sp³-hybridized carbons (Fsp3) is 0.429. The summed E-state index contributed by atoms with van der Waals surface area (Å²) in [4.78, 5) is 26.8. The molecule has 1 aromatic carbocycles. The molecule has 0 spiro atoms. The fourth-order valence-electron chi connectivity index (χ4n) is 3.56.